The summed E-state index contributed by atoms with van der Waals surface area (Å²) < 4.78 is 10.6. The molecule has 1 aromatic rings. The van der Waals surface area contributed by atoms with Crippen molar-refractivity contribution in [2.45, 2.75) is 39.5 Å². The number of rotatable bonds is 5. The number of piperidine rings is 1. The number of ether oxygens (including phenoxy) is 2. The van der Waals surface area contributed by atoms with Crippen molar-refractivity contribution in [1.29, 1.82) is 0 Å². The highest BCUT2D eigenvalue weighted by Crippen LogP contribution is 2.27. The van der Waals surface area contributed by atoms with E-state index in [0.29, 0.717) is 31.8 Å². The number of aryl methyl sites for hydroxylation is 1. The standard InChI is InChI=1S/C19H27NO4/c1-13(2)16-6-5-14(3)11-17(16)24-12-18(21)20-9-7-15(8-10-20)19(22)23-4/h5-6,11,13,15H,7-10,12H2,1-4H3. The van der Waals surface area contributed by atoms with Gasteiger partial charge < -0.3 is 14.4 Å². The van der Waals surface area contributed by atoms with Crippen molar-refractivity contribution >= 4 is 11.9 Å². The number of esters is 1. The molecule has 1 heterocycles. The predicted molar refractivity (Wildman–Crippen MR) is 92.1 cm³/mol. The molecule has 0 aromatic heterocycles. The minimum Gasteiger partial charge on any atom is -0.483 e. The monoisotopic (exact) mass is 333 g/mol. The van der Waals surface area contributed by atoms with Crippen molar-refractivity contribution in [3.63, 3.8) is 0 Å². The van der Waals surface area contributed by atoms with Gasteiger partial charge in [0.05, 0.1) is 13.0 Å². The molecule has 1 aliphatic rings. The second-order valence-electron chi connectivity index (χ2n) is 6.66. The molecule has 0 aliphatic carbocycles. The Bertz CT molecular complexity index is 589. The Kier molecular flexibility index (Phi) is 6.23. The summed E-state index contributed by atoms with van der Waals surface area (Å²) in [6, 6.07) is 6.09. The van der Waals surface area contributed by atoms with Gasteiger partial charge in [-0.05, 0) is 42.9 Å². The van der Waals surface area contributed by atoms with Gasteiger partial charge in [-0.25, -0.2) is 0 Å². The molecule has 2 rings (SSSR count). The molecule has 24 heavy (non-hydrogen) atoms. The van der Waals surface area contributed by atoms with Crippen LogP contribution in [0.4, 0.5) is 0 Å². The molecular formula is C19H27NO4. The van der Waals surface area contributed by atoms with Crippen LogP contribution in [0.5, 0.6) is 5.75 Å². The third-order valence-electron chi connectivity index (χ3n) is 4.52. The lowest BCUT2D eigenvalue weighted by molar-refractivity contribution is -0.149. The summed E-state index contributed by atoms with van der Waals surface area (Å²) >= 11 is 0. The van der Waals surface area contributed by atoms with Crippen LogP contribution in [-0.2, 0) is 14.3 Å². The van der Waals surface area contributed by atoms with E-state index in [1.165, 1.54) is 7.11 Å². The van der Waals surface area contributed by atoms with Gasteiger partial charge in [0.2, 0.25) is 0 Å². The molecule has 5 heteroatoms. The molecule has 0 radical (unpaired) electrons. The third kappa shape index (κ3) is 4.49. The van der Waals surface area contributed by atoms with Crippen molar-refractivity contribution in [2.75, 3.05) is 26.8 Å². The van der Waals surface area contributed by atoms with Crippen LogP contribution >= 0.6 is 0 Å². The Labute approximate surface area is 143 Å². The molecule has 0 N–H and O–H groups in total. The number of methoxy groups -OCH3 is 1. The molecule has 0 unspecified atom stereocenters. The van der Waals surface area contributed by atoms with E-state index in [2.05, 4.69) is 26.0 Å². The van der Waals surface area contributed by atoms with E-state index in [1.807, 2.05) is 13.0 Å². The molecule has 1 aromatic carbocycles. The smallest absolute Gasteiger partial charge is 0.308 e. The van der Waals surface area contributed by atoms with Gasteiger partial charge in [0.15, 0.2) is 6.61 Å². The zero-order valence-electron chi connectivity index (χ0n) is 15.0. The van der Waals surface area contributed by atoms with Crippen molar-refractivity contribution < 1.29 is 19.1 Å². The number of amides is 1. The number of benzene rings is 1. The average molecular weight is 333 g/mol. The van der Waals surface area contributed by atoms with Crippen LogP contribution in [-0.4, -0.2) is 43.6 Å². The quantitative estimate of drug-likeness (QED) is 0.778. The summed E-state index contributed by atoms with van der Waals surface area (Å²) in [6.07, 6.45) is 1.31. The summed E-state index contributed by atoms with van der Waals surface area (Å²) in [5, 5.41) is 0. The number of hydrogen-bond donors (Lipinski definition) is 0. The van der Waals surface area contributed by atoms with E-state index in [9.17, 15) is 9.59 Å². The van der Waals surface area contributed by atoms with Gasteiger partial charge in [-0.1, -0.05) is 26.0 Å². The molecule has 0 atom stereocenters. The number of carbonyl (C=O) groups excluding carboxylic acids is 2. The van der Waals surface area contributed by atoms with Gasteiger partial charge in [-0.2, -0.15) is 0 Å². The van der Waals surface area contributed by atoms with Crippen LogP contribution in [0.2, 0.25) is 0 Å². The first-order chi connectivity index (χ1) is 11.4. The van der Waals surface area contributed by atoms with Gasteiger partial charge in [0, 0.05) is 13.1 Å². The fraction of sp³-hybridized carbons (Fsp3) is 0.579. The molecular weight excluding hydrogens is 306 g/mol. The zero-order valence-corrected chi connectivity index (χ0v) is 15.0. The van der Waals surface area contributed by atoms with E-state index >= 15 is 0 Å². The first kappa shape index (κ1) is 18.3. The summed E-state index contributed by atoms with van der Waals surface area (Å²) in [6.45, 7) is 7.41. The van der Waals surface area contributed by atoms with Crippen molar-refractivity contribution in [3.05, 3.63) is 29.3 Å². The Balaban J connectivity index is 1.90. The van der Waals surface area contributed by atoms with Crippen LogP contribution in [0, 0.1) is 12.8 Å². The summed E-state index contributed by atoms with van der Waals surface area (Å²) in [5.74, 6) is 0.813. The highest BCUT2D eigenvalue weighted by atomic mass is 16.5. The molecule has 1 saturated heterocycles. The van der Waals surface area contributed by atoms with E-state index < -0.39 is 0 Å². The SMILES string of the molecule is COC(=O)C1CCN(C(=O)COc2cc(C)ccc2C(C)C)CC1. The third-order valence-corrected chi connectivity index (χ3v) is 4.52. The lowest BCUT2D eigenvalue weighted by Gasteiger charge is -2.30. The van der Waals surface area contributed by atoms with Gasteiger partial charge in [-0.15, -0.1) is 0 Å². The highest BCUT2D eigenvalue weighted by Gasteiger charge is 2.28. The maximum atomic E-state index is 12.4. The fourth-order valence-corrected chi connectivity index (χ4v) is 3.01. The van der Waals surface area contributed by atoms with Gasteiger partial charge in [0.25, 0.3) is 5.91 Å². The van der Waals surface area contributed by atoms with Crippen molar-refractivity contribution in [3.8, 4) is 5.75 Å². The van der Waals surface area contributed by atoms with E-state index in [1.54, 1.807) is 4.90 Å². The van der Waals surface area contributed by atoms with E-state index in [0.717, 1.165) is 16.9 Å². The van der Waals surface area contributed by atoms with E-state index in [4.69, 9.17) is 9.47 Å². The Morgan fingerprint density at radius 2 is 1.92 bits per heavy atom. The first-order valence-electron chi connectivity index (χ1n) is 8.51. The highest BCUT2D eigenvalue weighted by molar-refractivity contribution is 5.78. The van der Waals surface area contributed by atoms with Gasteiger partial charge >= 0.3 is 5.97 Å². The number of hydrogen-bond acceptors (Lipinski definition) is 4. The van der Waals surface area contributed by atoms with Crippen LogP contribution in [0.1, 0.15) is 43.7 Å². The zero-order chi connectivity index (χ0) is 17.7. The minimum absolute atomic E-state index is 0.0328. The lowest BCUT2D eigenvalue weighted by Crippen LogP contribution is -2.42. The van der Waals surface area contributed by atoms with Crippen LogP contribution in [0.15, 0.2) is 18.2 Å². The van der Waals surface area contributed by atoms with Crippen LogP contribution < -0.4 is 4.74 Å². The lowest BCUT2D eigenvalue weighted by atomic mass is 9.97. The molecule has 0 saturated carbocycles. The van der Waals surface area contributed by atoms with Crippen LogP contribution in [0.25, 0.3) is 0 Å². The minimum atomic E-state index is -0.181. The average Bonchev–Trinajstić information content (AvgIpc) is 2.58. The van der Waals surface area contributed by atoms with E-state index in [-0.39, 0.29) is 24.4 Å². The molecule has 5 nitrogen and oxygen atoms in total. The topological polar surface area (TPSA) is 55.8 Å². The fourth-order valence-electron chi connectivity index (χ4n) is 3.01. The van der Waals surface area contributed by atoms with Crippen molar-refractivity contribution in [2.24, 2.45) is 5.92 Å². The molecule has 0 spiro atoms. The maximum Gasteiger partial charge on any atom is 0.308 e. The summed E-state index contributed by atoms with van der Waals surface area (Å²) in [4.78, 5) is 25.7. The van der Waals surface area contributed by atoms with Gasteiger partial charge in [0.1, 0.15) is 5.75 Å². The number of likely N-dealkylation sites (tertiary alicyclic amines) is 1. The summed E-state index contributed by atoms with van der Waals surface area (Å²) in [5.41, 5.74) is 2.22. The second kappa shape index (κ2) is 8.18. The largest absolute Gasteiger partial charge is 0.483 e. The predicted octanol–water partition coefficient (Wildman–Crippen LogP) is 2.91. The Hall–Kier alpha value is -2.04. The molecule has 1 fully saturated rings. The maximum absolute atomic E-state index is 12.4. The van der Waals surface area contributed by atoms with Crippen LogP contribution in [0.3, 0.4) is 0 Å². The Morgan fingerprint density at radius 1 is 1.25 bits per heavy atom. The first-order valence-corrected chi connectivity index (χ1v) is 8.51. The molecule has 132 valence electrons. The molecule has 1 amide bonds. The molecule has 0 bridgehead atoms. The molecule has 1 aliphatic heterocycles. The normalized spacial score (nSPS) is 15.5. The van der Waals surface area contributed by atoms with Crippen molar-refractivity contribution in [1.82, 2.24) is 4.90 Å². The summed E-state index contributed by atoms with van der Waals surface area (Å²) in [7, 11) is 1.40. The second-order valence-corrected chi connectivity index (χ2v) is 6.66. The number of nitrogens with zero attached hydrogens (tertiary/aromatic N) is 1. The number of carbonyl (C=O) groups is 2. The Morgan fingerprint density at radius 3 is 2.50 bits per heavy atom. The van der Waals surface area contributed by atoms with Gasteiger partial charge in [-0.3, -0.25) is 9.59 Å².